The average Bonchev–Trinajstić information content (AvgIpc) is 2.31. The Morgan fingerprint density at radius 1 is 1.19 bits per heavy atom. The highest BCUT2D eigenvalue weighted by atomic mass is 16.1. The second-order valence-electron chi connectivity index (χ2n) is 4.27. The first-order valence-electron chi connectivity index (χ1n) is 5.82. The zero-order valence-corrected chi connectivity index (χ0v) is 9.36. The van der Waals surface area contributed by atoms with Crippen molar-refractivity contribution in [2.45, 2.75) is 31.6 Å². The molecule has 2 heteroatoms. The lowest BCUT2D eigenvalue weighted by Gasteiger charge is -2.20. The Morgan fingerprint density at radius 2 is 1.94 bits per heavy atom. The molecule has 1 aliphatic rings. The monoisotopic (exact) mass is 215 g/mol. The number of primary amides is 1. The molecule has 1 amide bonds. The minimum absolute atomic E-state index is 0.221. The zero-order chi connectivity index (χ0) is 11.4. The minimum atomic E-state index is -0.237. The molecule has 16 heavy (non-hydrogen) atoms. The third-order valence-electron chi connectivity index (χ3n) is 3.11. The Bertz CT molecular complexity index is 394. The summed E-state index contributed by atoms with van der Waals surface area (Å²) in [6.07, 6.45) is 6.66. The van der Waals surface area contributed by atoms with Crippen molar-refractivity contribution in [1.82, 2.24) is 0 Å². The Kier molecular flexibility index (Phi) is 3.40. The van der Waals surface area contributed by atoms with Crippen LogP contribution in [0.25, 0.3) is 0 Å². The van der Waals surface area contributed by atoms with Gasteiger partial charge in [-0.3, -0.25) is 4.79 Å². The molecule has 0 heterocycles. The number of allylic oxidation sites excluding steroid dienone is 1. The number of nitrogens with two attached hydrogens (primary N) is 1. The van der Waals surface area contributed by atoms with Crippen LogP contribution in [-0.2, 0) is 4.79 Å². The number of hydrogen-bond acceptors (Lipinski definition) is 1. The number of hydrogen-bond donors (Lipinski definition) is 1. The van der Waals surface area contributed by atoms with Gasteiger partial charge in [-0.2, -0.15) is 0 Å². The fraction of sp³-hybridized carbons (Fsp3) is 0.357. The molecule has 0 aliphatic heterocycles. The number of amides is 1. The van der Waals surface area contributed by atoms with Crippen molar-refractivity contribution >= 4 is 5.91 Å². The van der Waals surface area contributed by atoms with E-state index < -0.39 is 0 Å². The van der Waals surface area contributed by atoms with E-state index in [9.17, 15) is 4.79 Å². The van der Waals surface area contributed by atoms with Crippen LogP contribution in [0.3, 0.4) is 0 Å². The van der Waals surface area contributed by atoms with Gasteiger partial charge in [0.25, 0.3) is 0 Å². The molecule has 0 saturated carbocycles. The van der Waals surface area contributed by atoms with E-state index in [1.54, 1.807) is 0 Å². The Hall–Kier alpha value is -1.57. The maximum absolute atomic E-state index is 11.6. The summed E-state index contributed by atoms with van der Waals surface area (Å²) in [4.78, 5) is 11.6. The van der Waals surface area contributed by atoms with Crippen molar-refractivity contribution in [2.24, 2.45) is 5.73 Å². The molecular weight excluding hydrogens is 198 g/mol. The van der Waals surface area contributed by atoms with Gasteiger partial charge in [-0.15, -0.1) is 0 Å². The maximum Gasteiger partial charge on any atom is 0.229 e. The van der Waals surface area contributed by atoms with Crippen LogP contribution in [0.1, 0.15) is 37.2 Å². The van der Waals surface area contributed by atoms with Crippen molar-refractivity contribution in [2.75, 3.05) is 0 Å². The topological polar surface area (TPSA) is 43.1 Å². The van der Waals surface area contributed by atoms with Gasteiger partial charge in [-0.05, 0) is 31.2 Å². The van der Waals surface area contributed by atoms with Gasteiger partial charge in [-0.1, -0.05) is 42.0 Å². The summed E-state index contributed by atoms with van der Waals surface area (Å²) < 4.78 is 0. The van der Waals surface area contributed by atoms with E-state index in [1.165, 1.54) is 18.4 Å². The molecule has 0 spiro atoms. The SMILES string of the molecule is NC(=O)C(C1=CCCCC1)c1ccccc1. The van der Waals surface area contributed by atoms with Crippen LogP contribution in [0.4, 0.5) is 0 Å². The summed E-state index contributed by atoms with van der Waals surface area (Å²) in [6.45, 7) is 0. The highest BCUT2D eigenvalue weighted by Gasteiger charge is 2.22. The lowest BCUT2D eigenvalue weighted by atomic mass is 9.84. The van der Waals surface area contributed by atoms with E-state index >= 15 is 0 Å². The summed E-state index contributed by atoms with van der Waals surface area (Å²) in [7, 11) is 0. The molecule has 1 atom stereocenters. The summed E-state index contributed by atoms with van der Waals surface area (Å²) in [5, 5.41) is 0. The first-order valence-corrected chi connectivity index (χ1v) is 5.82. The van der Waals surface area contributed by atoms with Crippen LogP contribution < -0.4 is 5.73 Å². The number of rotatable bonds is 3. The van der Waals surface area contributed by atoms with E-state index in [-0.39, 0.29) is 11.8 Å². The Balaban J connectivity index is 2.31. The molecule has 1 aromatic rings. The molecule has 2 N–H and O–H groups in total. The zero-order valence-electron chi connectivity index (χ0n) is 9.36. The van der Waals surface area contributed by atoms with Crippen LogP contribution in [0.2, 0.25) is 0 Å². The minimum Gasteiger partial charge on any atom is -0.369 e. The standard InChI is InChI=1S/C14H17NO/c15-14(16)13(11-7-3-1-4-8-11)12-9-5-2-6-10-12/h1,3-4,7-9,13H,2,5-6,10H2,(H2,15,16). The highest BCUT2D eigenvalue weighted by Crippen LogP contribution is 2.31. The lowest BCUT2D eigenvalue weighted by Crippen LogP contribution is -2.23. The Morgan fingerprint density at radius 3 is 2.50 bits per heavy atom. The largest absolute Gasteiger partial charge is 0.369 e. The average molecular weight is 215 g/mol. The van der Waals surface area contributed by atoms with E-state index in [0.717, 1.165) is 18.4 Å². The Labute approximate surface area is 96.2 Å². The predicted octanol–water partition coefficient (Wildman–Crippen LogP) is 2.76. The molecule has 2 rings (SSSR count). The fourth-order valence-electron chi connectivity index (χ4n) is 2.33. The highest BCUT2D eigenvalue weighted by molar-refractivity contribution is 5.85. The maximum atomic E-state index is 11.6. The molecule has 84 valence electrons. The second kappa shape index (κ2) is 4.97. The van der Waals surface area contributed by atoms with Crippen LogP contribution in [0.15, 0.2) is 42.0 Å². The lowest BCUT2D eigenvalue weighted by molar-refractivity contribution is -0.118. The van der Waals surface area contributed by atoms with Gasteiger partial charge >= 0.3 is 0 Å². The second-order valence-corrected chi connectivity index (χ2v) is 4.27. The summed E-state index contributed by atoms with van der Waals surface area (Å²) in [5.74, 6) is -0.458. The van der Waals surface area contributed by atoms with Gasteiger partial charge in [-0.25, -0.2) is 0 Å². The van der Waals surface area contributed by atoms with Crippen LogP contribution >= 0.6 is 0 Å². The van der Waals surface area contributed by atoms with Gasteiger partial charge < -0.3 is 5.73 Å². The molecule has 0 radical (unpaired) electrons. The van der Waals surface area contributed by atoms with Crippen molar-refractivity contribution in [3.8, 4) is 0 Å². The number of carbonyl (C=O) groups excluding carboxylic acids is 1. The molecule has 1 aromatic carbocycles. The summed E-state index contributed by atoms with van der Waals surface area (Å²) >= 11 is 0. The van der Waals surface area contributed by atoms with E-state index in [1.807, 2.05) is 30.3 Å². The third-order valence-corrected chi connectivity index (χ3v) is 3.11. The smallest absolute Gasteiger partial charge is 0.229 e. The van der Waals surface area contributed by atoms with Gasteiger partial charge in [0.2, 0.25) is 5.91 Å². The van der Waals surface area contributed by atoms with Gasteiger partial charge in [0.15, 0.2) is 0 Å². The molecule has 0 bridgehead atoms. The molecule has 2 nitrogen and oxygen atoms in total. The first kappa shape index (κ1) is 10.9. The number of carbonyl (C=O) groups is 1. The van der Waals surface area contributed by atoms with Crippen molar-refractivity contribution in [3.63, 3.8) is 0 Å². The quantitative estimate of drug-likeness (QED) is 0.774. The normalized spacial score (nSPS) is 17.6. The summed E-state index contributed by atoms with van der Waals surface area (Å²) in [5.41, 5.74) is 7.74. The van der Waals surface area contributed by atoms with Gasteiger partial charge in [0.05, 0.1) is 5.92 Å². The molecule has 0 aromatic heterocycles. The van der Waals surface area contributed by atoms with Crippen LogP contribution in [0, 0.1) is 0 Å². The van der Waals surface area contributed by atoms with Crippen molar-refractivity contribution in [3.05, 3.63) is 47.5 Å². The van der Waals surface area contributed by atoms with Crippen molar-refractivity contribution in [1.29, 1.82) is 0 Å². The van der Waals surface area contributed by atoms with Crippen molar-refractivity contribution < 1.29 is 4.79 Å². The summed E-state index contributed by atoms with van der Waals surface area (Å²) in [6, 6.07) is 9.82. The predicted molar refractivity (Wildman–Crippen MR) is 64.9 cm³/mol. The van der Waals surface area contributed by atoms with Gasteiger partial charge in [0, 0.05) is 0 Å². The van der Waals surface area contributed by atoms with E-state index in [4.69, 9.17) is 5.73 Å². The number of benzene rings is 1. The molecule has 1 unspecified atom stereocenters. The van der Waals surface area contributed by atoms with Crippen LogP contribution in [0.5, 0.6) is 0 Å². The fourth-order valence-corrected chi connectivity index (χ4v) is 2.33. The van der Waals surface area contributed by atoms with Crippen LogP contribution in [-0.4, -0.2) is 5.91 Å². The third kappa shape index (κ3) is 2.32. The first-order chi connectivity index (χ1) is 7.79. The van der Waals surface area contributed by atoms with Gasteiger partial charge in [0.1, 0.15) is 0 Å². The molecule has 0 saturated heterocycles. The van der Waals surface area contributed by atoms with E-state index in [0.29, 0.717) is 0 Å². The molecule has 1 aliphatic carbocycles. The van der Waals surface area contributed by atoms with E-state index in [2.05, 4.69) is 6.08 Å². The molecule has 0 fully saturated rings. The molecular formula is C14H17NO.